The third-order valence-electron chi connectivity index (χ3n) is 4.87. The highest BCUT2D eigenvalue weighted by atomic mass is 28.4. The maximum absolute atomic E-state index is 13.8. The van der Waals surface area contributed by atoms with Crippen LogP contribution in [0.4, 0.5) is 13.2 Å². The summed E-state index contributed by atoms with van der Waals surface area (Å²) < 4.78 is 57.1. The molecule has 4 nitrogen and oxygen atoms in total. The van der Waals surface area contributed by atoms with Gasteiger partial charge in [-0.25, -0.2) is 4.79 Å². The highest BCUT2D eigenvalue weighted by Gasteiger charge is 2.66. The normalized spacial score (nSPS) is 19.0. The summed E-state index contributed by atoms with van der Waals surface area (Å²) in [5.41, 5.74) is -2.01. The fourth-order valence-electron chi connectivity index (χ4n) is 3.23. The van der Waals surface area contributed by atoms with Crippen molar-refractivity contribution in [3.05, 3.63) is 66.1 Å². The van der Waals surface area contributed by atoms with Crippen LogP contribution in [-0.2, 0) is 9.16 Å². The Balaban J connectivity index is 1.51. The molecule has 1 aliphatic carbocycles. The second-order valence-electron chi connectivity index (χ2n) is 7.45. The number of esters is 1. The maximum Gasteiger partial charge on any atom is 0.424 e. The van der Waals surface area contributed by atoms with E-state index in [1.165, 1.54) is 18.4 Å². The van der Waals surface area contributed by atoms with Crippen LogP contribution in [0.2, 0.25) is 13.1 Å². The molecular formula is C21H23F3O4Si. The zero-order valence-electron chi connectivity index (χ0n) is 16.3. The average molecular weight is 424 g/mol. The molecule has 29 heavy (non-hydrogen) atoms. The molecule has 3 rings (SSSR count). The van der Waals surface area contributed by atoms with Crippen molar-refractivity contribution in [3.8, 4) is 0 Å². The van der Waals surface area contributed by atoms with Crippen LogP contribution < -0.4 is 5.19 Å². The molecule has 1 aliphatic rings. The molecule has 1 unspecified atom stereocenters. The molecule has 0 saturated carbocycles. The van der Waals surface area contributed by atoms with Gasteiger partial charge in [0.15, 0.2) is 5.60 Å². The summed E-state index contributed by atoms with van der Waals surface area (Å²) in [6.07, 6.45) is -0.778. The van der Waals surface area contributed by atoms with E-state index in [0.717, 1.165) is 5.19 Å². The van der Waals surface area contributed by atoms with Gasteiger partial charge in [0.2, 0.25) is 14.1 Å². The first-order valence-electron chi connectivity index (χ1n) is 9.41. The first-order valence-corrected chi connectivity index (χ1v) is 12.3. The minimum absolute atomic E-state index is 0.104. The Hall–Kier alpha value is -2.32. The molecule has 0 aliphatic heterocycles. The largest absolute Gasteiger partial charge is 0.460 e. The number of unbranched alkanes of at least 4 members (excludes halogenated alkanes) is 1. The van der Waals surface area contributed by atoms with Crippen LogP contribution in [-0.4, -0.2) is 32.7 Å². The Labute approximate surface area is 168 Å². The Morgan fingerprint density at radius 3 is 2.45 bits per heavy atom. The van der Waals surface area contributed by atoms with E-state index >= 15 is 0 Å². The van der Waals surface area contributed by atoms with Gasteiger partial charge in [-0.3, -0.25) is 0 Å². The summed E-state index contributed by atoms with van der Waals surface area (Å²) in [5.74, 6) is -0.475. The van der Waals surface area contributed by atoms with Crippen LogP contribution in [0.3, 0.4) is 0 Å². The number of rotatable bonds is 9. The standard InChI is InChI=1S/C21H23F3O4Si/c1-29(2,17-10-4-3-5-11-17)28-20(21(22,23)24)15-16(20)9-6-7-13-27-19(25)18-12-8-14-26-18/h3-5,8,10-12,14-15H,6-7,9,13H2,1-2H3. The van der Waals surface area contributed by atoms with E-state index in [1.54, 1.807) is 31.3 Å². The second kappa shape index (κ2) is 8.20. The van der Waals surface area contributed by atoms with Gasteiger partial charge >= 0.3 is 12.1 Å². The third kappa shape index (κ3) is 4.81. The summed E-state index contributed by atoms with van der Waals surface area (Å²) in [4.78, 5) is 11.6. The number of ether oxygens (including phenoxy) is 1. The molecule has 1 aromatic heterocycles. The zero-order chi connectivity index (χ0) is 21.1. The van der Waals surface area contributed by atoms with E-state index in [4.69, 9.17) is 13.6 Å². The van der Waals surface area contributed by atoms with Gasteiger partial charge in [-0.05, 0) is 61.3 Å². The summed E-state index contributed by atoms with van der Waals surface area (Å²) in [6, 6.07) is 12.1. The van der Waals surface area contributed by atoms with Crippen LogP contribution in [0.1, 0.15) is 29.8 Å². The molecule has 0 fully saturated rings. The van der Waals surface area contributed by atoms with E-state index in [2.05, 4.69) is 0 Å². The number of alkyl halides is 3. The zero-order valence-corrected chi connectivity index (χ0v) is 17.3. The Morgan fingerprint density at radius 2 is 1.83 bits per heavy atom. The van der Waals surface area contributed by atoms with Gasteiger partial charge in [-0.2, -0.15) is 13.2 Å². The molecule has 8 heteroatoms. The minimum atomic E-state index is -4.49. The lowest BCUT2D eigenvalue weighted by atomic mass is 10.1. The van der Waals surface area contributed by atoms with Crippen LogP contribution in [0, 0.1) is 0 Å². The van der Waals surface area contributed by atoms with Crippen molar-refractivity contribution in [3.63, 3.8) is 0 Å². The van der Waals surface area contributed by atoms with Gasteiger partial charge in [-0.1, -0.05) is 30.3 Å². The number of benzene rings is 1. The predicted molar refractivity (Wildman–Crippen MR) is 104 cm³/mol. The van der Waals surface area contributed by atoms with Gasteiger partial charge in [0.25, 0.3) is 0 Å². The van der Waals surface area contributed by atoms with Crippen molar-refractivity contribution in [1.82, 2.24) is 0 Å². The molecule has 2 aromatic rings. The van der Waals surface area contributed by atoms with E-state index in [1.807, 2.05) is 18.2 Å². The van der Waals surface area contributed by atoms with Gasteiger partial charge in [0.1, 0.15) is 0 Å². The summed E-state index contributed by atoms with van der Waals surface area (Å²) in [6.45, 7) is 3.67. The lowest BCUT2D eigenvalue weighted by Gasteiger charge is -2.33. The van der Waals surface area contributed by atoms with Gasteiger partial charge in [-0.15, -0.1) is 0 Å². The second-order valence-corrected chi connectivity index (χ2v) is 11.3. The smallest absolute Gasteiger partial charge is 0.424 e. The fourth-order valence-corrected chi connectivity index (χ4v) is 5.46. The van der Waals surface area contributed by atoms with Crippen LogP contribution in [0.5, 0.6) is 0 Å². The van der Waals surface area contributed by atoms with Gasteiger partial charge in [0.05, 0.1) is 12.9 Å². The highest BCUT2D eigenvalue weighted by molar-refractivity contribution is 6.84. The molecule has 0 bridgehead atoms. The molecule has 0 N–H and O–H groups in total. The maximum atomic E-state index is 13.8. The SMILES string of the molecule is C[Si](C)(OC1(C(F)(F)F)C=C1CCCCOC(=O)c1ccco1)c1ccccc1. The molecule has 0 radical (unpaired) electrons. The molecule has 0 spiro atoms. The Morgan fingerprint density at radius 1 is 1.10 bits per heavy atom. The Kier molecular flexibility index (Phi) is 6.04. The quantitative estimate of drug-likeness (QED) is 0.247. The van der Waals surface area contributed by atoms with E-state index in [0.29, 0.717) is 12.8 Å². The number of hydrogen-bond donors (Lipinski definition) is 0. The monoisotopic (exact) mass is 424 g/mol. The number of halogens is 3. The topological polar surface area (TPSA) is 48.7 Å². The van der Waals surface area contributed by atoms with Crippen molar-refractivity contribution in [2.75, 3.05) is 6.61 Å². The average Bonchev–Trinajstić information content (AvgIpc) is 3.11. The van der Waals surface area contributed by atoms with Gasteiger partial charge in [0, 0.05) is 0 Å². The highest BCUT2D eigenvalue weighted by Crippen LogP contribution is 2.54. The van der Waals surface area contributed by atoms with Crippen LogP contribution in [0.25, 0.3) is 0 Å². The van der Waals surface area contributed by atoms with E-state index < -0.39 is 26.1 Å². The number of hydrogen-bond acceptors (Lipinski definition) is 4. The van der Waals surface area contributed by atoms with Crippen LogP contribution in [0.15, 0.2) is 64.8 Å². The van der Waals surface area contributed by atoms with Crippen molar-refractivity contribution in [2.24, 2.45) is 0 Å². The number of carbonyl (C=O) groups is 1. The summed E-state index contributed by atoms with van der Waals surface area (Å²) >= 11 is 0. The van der Waals surface area contributed by atoms with Crippen molar-refractivity contribution in [1.29, 1.82) is 0 Å². The van der Waals surface area contributed by atoms with Crippen LogP contribution >= 0.6 is 0 Å². The molecule has 1 atom stereocenters. The number of furan rings is 1. The molecular weight excluding hydrogens is 401 g/mol. The van der Waals surface area contributed by atoms with Gasteiger partial charge < -0.3 is 13.6 Å². The molecule has 0 amide bonds. The Bertz CT molecular complexity index is 860. The molecule has 0 saturated heterocycles. The number of carbonyl (C=O) groups excluding carboxylic acids is 1. The lowest BCUT2D eigenvalue weighted by Crippen LogP contribution is -2.53. The summed E-state index contributed by atoms with van der Waals surface area (Å²) in [7, 11) is -2.76. The summed E-state index contributed by atoms with van der Waals surface area (Å²) in [5, 5.41) is 0.813. The first kappa shape index (κ1) is 21.4. The fraction of sp³-hybridized carbons (Fsp3) is 0.381. The molecule has 1 heterocycles. The van der Waals surface area contributed by atoms with Crippen molar-refractivity contribution < 1.29 is 31.5 Å². The third-order valence-corrected chi connectivity index (χ3v) is 7.43. The van der Waals surface area contributed by atoms with Crippen molar-refractivity contribution in [2.45, 2.75) is 44.1 Å². The lowest BCUT2D eigenvalue weighted by molar-refractivity contribution is -0.203. The minimum Gasteiger partial charge on any atom is -0.460 e. The predicted octanol–water partition coefficient (Wildman–Crippen LogP) is 4.98. The van der Waals surface area contributed by atoms with E-state index in [-0.39, 0.29) is 24.4 Å². The first-order chi connectivity index (χ1) is 13.7. The van der Waals surface area contributed by atoms with E-state index in [9.17, 15) is 18.0 Å². The van der Waals surface area contributed by atoms with Crippen molar-refractivity contribution >= 4 is 19.5 Å². The molecule has 156 valence electrons. The molecule has 1 aromatic carbocycles.